The fourth-order valence-electron chi connectivity index (χ4n) is 1.48. The molecule has 0 aromatic carbocycles. The van der Waals surface area contributed by atoms with Gasteiger partial charge in [0.2, 0.25) is 11.8 Å². The summed E-state index contributed by atoms with van der Waals surface area (Å²) in [6, 6.07) is 1.53. The molecule has 1 aliphatic heterocycles. The highest BCUT2D eigenvalue weighted by atomic mass is 32.2. The first-order valence-corrected chi connectivity index (χ1v) is 7.07. The Morgan fingerprint density at radius 1 is 1.50 bits per heavy atom. The maximum absolute atomic E-state index is 11.7. The van der Waals surface area contributed by atoms with E-state index < -0.39 is 5.97 Å². The number of carbonyl (C=O) groups is 3. The molecule has 0 saturated carbocycles. The Hall–Kier alpha value is -1.54. The minimum Gasteiger partial charge on any atom is -0.477 e. The lowest BCUT2D eigenvalue weighted by Crippen LogP contribution is -2.34. The lowest BCUT2D eigenvalue weighted by Gasteiger charge is -2.13. The molecule has 18 heavy (non-hydrogen) atoms. The zero-order valence-corrected chi connectivity index (χ0v) is 10.8. The number of nitrogens with one attached hydrogen (secondary N) is 1. The van der Waals surface area contributed by atoms with Crippen molar-refractivity contribution in [3.63, 3.8) is 0 Å². The average Bonchev–Trinajstić information content (AvgIpc) is 2.89. The molecule has 0 atom stereocenters. The summed E-state index contributed by atoms with van der Waals surface area (Å²) in [6.45, 7) is -0.0409. The largest absolute Gasteiger partial charge is 0.477 e. The van der Waals surface area contributed by atoms with Crippen LogP contribution < -0.4 is 5.32 Å². The molecule has 1 saturated heterocycles. The minimum atomic E-state index is -1.08. The molecule has 1 fully saturated rings. The second kappa shape index (κ2) is 5.40. The third-order valence-corrected chi connectivity index (χ3v) is 4.14. The van der Waals surface area contributed by atoms with Crippen molar-refractivity contribution in [3.8, 4) is 0 Å². The predicted octanol–water partition coefficient (Wildman–Crippen LogP) is 0.918. The molecule has 0 bridgehead atoms. The van der Waals surface area contributed by atoms with E-state index in [0.717, 1.165) is 11.3 Å². The number of nitrogens with zero attached hydrogens (tertiary/aromatic N) is 1. The van der Waals surface area contributed by atoms with Crippen LogP contribution in [0.1, 0.15) is 9.67 Å². The van der Waals surface area contributed by atoms with E-state index in [0.29, 0.717) is 11.6 Å². The molecule has 96 valence electrons. The number of carbonyl (C=O) groups excluding carboxylic acids is 2. The zero-order valence-electron chi connectivity index (χ0n) is 9.21. The summed E-state index contributed by atoms with van der Waals surface area (Å²) in [6.07, 6.45) is 0. The van der Waals surface area contributed by atoms with Crippen LogP contribution in [0.5, 0.6) is 0 Å². The van der Waals surface area contributed by atoms with Crippen LogP contribution in [0.4, 0.5) is 5.69 Å². The van der Waals surface area contributed by atoms with Gasteiger partial charge < -0.3 is 15.3 Å². The van der Waals surface area contributed by atoms with Gasteiger partial charge in [-0.3, -0.25) is 9.59 Å². The van der Waals surface area contributed by atoms with Gasteiger partial charge in [0.1, 0.15) is 11.4 Å². The molecule has 0 spiro atoms. The molecule has 1 aromatic heterocycles. The first-order chi connectivity index (χ1) is 8.58. The number of aromatic carboxylic acids is 1. The topological polar surface area (TPSA) is 86.7 Å². The Balaban J connectivity index is 1.96. The second-order valence-corrected chi connectivity index (χ2v) is 5.46. The molecule has 2 heterocycles. The smallest absolute Gasteiger partial charge is 0.348 e. The van der Waals surface area contributed by atoms with Gasteiger partial charge in [-0.05, 0) is 11.4 Å². The fraction of sp³-hybridized carbons (Fsp3) is 0.300. The quantitative estimate of drug-likeness (QED) is 0.859. The Morgan fingerprint density at radius 2 is 2.28 bits per heavy atom. The highest BCUT2D eigenvalue weighted by Crippen LogP contribution is 2.22. The normalized spacial score (nSPS) is 14.9. The van der Waals surface area contributed by atoms with Crippen molar-refractivity contribution in [3.05, 3.63) is 16.3 Å². The standard InChI is InChI=1S/C10H10N2O4S2/c13-7(3-12-5-17-4-8(12)14)11-6-1-2-18-9(6)10(15)16/h1-2H,3-5H2,(H,11,13)(H,15,16). The van der Waals surface area contributed by atoms with Gasteiger partial charge in [-0.15, -0.1) is 23.1 Å². The maximum atomic E-state index is 11.7. The SMILES string of the molecule is O=C(CN1CSCC1=O)Nc1ccsc1C(=O)O. The van der Waals surface area contributed by atoms with Gasteiger partial charge in [-0.1, -0.05) is 0 Å². The van der Waals surface area contributed by atoms with E-state index in [9.17, 15) is 14.4 Å². The molecule has 0 unspecified atom stereocenters. The molecule has 1 aliphatic rings. The van der Waals surface area contributed by atoms with Gasteiger partial charge >= 0.3 is 5.97 Å². The number of hydrogen-bond donors (Lipinski definition) is 2. The third kappa shape index (κ3) is 2.82. The van der Waals surface area contributed by atoms with Crippen molar-refractivity contribution >= 4 is 46.6 Å². The van der Waals surface area contributed by atoms with E-state index in [1.165, 1.54) is 22.7 Å². The zero-order chi connectivity index (χ0) is 13.1. The molecule has 0 radical (unpaired) electrons. The summed E-state index contributed by atoms with van der Waals surface area (Å²) in [7, 11) is 0. The van der Waals surface area contributed by atoms with Crippen LogP contribution in [0.2, 0.25) is 0 Å². The Labute approximate surface area is 111 Å². The van der Waals surface area contributed by atoms with Crippen LogP contribution in [-0.2, 0) is 9.59 Å². The summed E-state index contributed by atoms with van der Waals surface area (Å²) < 4.78 is 0. The van der Waals surface area contributed by atoms with E-state index in [1.54, 1.807) is 5.38 Å². The van der Waals surface area contributed by atoms with Crippen LogP contribution in [0.25, 0.3) is 0 Å². The number of amides is 2. The summed E-state index contributed by atoms with van der Waals surface area (Å²) in [5.41, 5.74) is 0.275. The van der Waals surface area contributed by atoms with E-state index in [1.807, 2.05) is 0 Å². The first-order valence-electron chi connectivity index (χ1n) is 5.04. The second-order valence-electron chi connectivity index (χ2n) is 3.59. The molecule has 0 aliphatic carbocycles. The summed E-state index contributed by atoms with van der Waals surface area (Å²) in [5, 5.41) is 13.0. The van der Waals surface area contributed by atoms with Crippen molar-refractivity contribution in [2.24, 2.45) is 0 Å². The number of rotatable bonds is 4. The van der Waals surface area contributed by atoms with Crippen LogP contribution in [0, 0.1) is 0 Å². The molecule has 8 heteroatoms. The van der Waals surface area contributed by atoms with Gasteiger partial charge in [0.25, 0.3) is 0 Å². The summed E-state index contributed by atoms with van der Waals surface area (Å²) in [4.78, 5) is 35.4. The molecular weight excluding hydrogens is 276 g/mol. The number of carboxylic acids is 1. The molecule has 2 rings (SSSR count). The fourth-order valence-corrected chi connectivity index (χ4v) is 3.07. The van der Waals surface area contributed by atoms with E-state index in [4.69, 9.17) is 5.11 Å². The lowest BCUT2D eigenvalue weighted by molar-refractivity contribution is -0.130. The number of anilines is 1. The van der Waals surface area contributed by atoms with Crippen LogP contribution >= 0.6 is 23.1 Å². The van der Waals surface area contributed by atoms with E-state index >= 15 is 0 Å². The summed E-state index contributed by atoms with van der Waals surface area (Å²) >= 11 is 2.50. The monoisotopic (exact) mass is 286 g/mol. The van der Waals surface area contributed by atoms with Gasteiger partial charge in [0.15, 0.2) is 0 Å². The average molecular weight is 286 g/mol. The van der Waals surface area contributed by atoms with Crippen molar-refractivity contribution in [1.29, 1.82) is 0 Å². The summed E-state index contributed by atoms with van der Waals surface area (Å²) in [5.74, 6) is -0.632. The molecule has 1 aromatic rings. The first kappa shape index (κ1) is 12.9. The molecule has 2 N–H and O–H groups in total. The van der Waals surface area contributed by atoms with Crippen molar-refractivity contribution in [2.45, 2.75) is 0 Å². The van der Waals surface area contributed by atoms with Crippen molar-refractivity contribution in [2.75, 3.05) is 23.5 Å². The Morgan fingerprint density at radius 3 is 2.89 bits per heavy atom. The molecule has 6 nitrogen and oxygen atoms in total. The number of hydrogen-bond acceptors (Lipinski definition) is 5. The van der Waals surface area contributed by atoms with E-state index in [-0.39, 0.29) is 28.9 Å². The van der Waals surface area contributed by atoms with E-state index in [2.05, 4.69) is 5.32 Å². The predicted molar refractivity (Wildman–Crippen MR) is 68.9 cm³/mol. The highest BCUT2D eigenvalue weighted by molar-refractivity contribution is 8.00. The van der Waals surface area contributed by atoms with Crippen LogP contribution in [-0.4, -0.2) is 46.0 Å². The Bertz CT molecular complexity index is 500. The Kier molecular flexibility index (Phi) is 3.87. The lowest BCUT2D eigenvalue weighted by atomic mass is 10.3. The number of thiophene rings is 1. The molecule has 2 amide bonds. The highest BCUT2D eigenvalue weighted by Gasteiger charge is 2.23. The van der Waals surface area contributed by atoms with Gasteiger partial charge in [-0.2, -0.15) is 0 Å². The maximum Gasteiger partial charge on any atom is 0.348 e. The van der Waals surface area contributed by atoms with Gasteiger partial charge in [0, 0.05) is 0 Å². The number of thioether (sulfide) groups is 1. The van der Waals surface area contributed by atoms with Gasteiger partial charge in [-0.25, -0.2) is 4.79 Å². The van der Waals surface area contributed by atoms with Crippen LogP contribution in [0.3, 0.4) is 0 Å². The minimum absolute atomic E-state index is 0.0409. The van der Waals surface area contributed by atoms with Crippen molar-refractivity contribution < 1.29 is 19.5 Å². The molecular formula is C10H10N2O4S2. The van der Waals surface area contributed by atoms with Crippen molar-refractivity contribution in [1.82, 2.24) is 4.90 Å². The number of carboxylic acid groups (broad SMARTS) is 1. The van der Waals surface area contributed by atoms with Crippen LogP contribution in [0.15, 0.2) is 11.4 Å². The van der Waals surface area contributed by atoms with Gasteiger partial charge in [0.05, 0.1) is 17.3 Å². The third-order valence-electron chi connectivity index (χ3n) is 2.29.